The third-order valence-electron chi connectivity index (χ3n) is 8.99. The first-order valence-corrected chi connectivity index (χ1v) is 26.4. The standard InChI is InChI=1S/C22H36NO2Si.3C4H9.Sn/c1-16(2)22(24)23-21(14-20-12-10-9-11-13-20)15-25-26(17(3)4,18(5)6)19(7)8;3*1-3-4-2;/h9-13,17-19,21H,1-2,14-15H2,3-8H3,(H,23,24);3*1,3-4H2,2H3;. The predicted octanol–water partition coefficient (Wildman–Crippen LogP) is 10.3. The van der Waals surface area contributed by atoms with Crippen molar-refractivity contribution in [3.05, 3.63) is 48.0 Å². The van der Waals surface area contributed by atoms with E-state index in [0.29, 0.717) is 23.2 Å². The van der Waals surface area contributed by atoms with Gasteiger partial charge in [-0.1, -0.05) is 0 Å². The molecule has 0 aliphatic carbocycles. The van der Waals surface area contributed by atoms with Crippen LogP contribution in [0.4, 0.5) is 0 Å². The summed E-state index contributed by atoms with van der Waals surface area (Å²) >= 11 is -2.50. The molecule has 1 atom stereocenters. The van der Waals surface area contributed by atoms with E-state index < -0.39 is 26.7 Å². The Balaban J connectivity index is 3.16. The summed E-state index contributed by atoms with van der Waals surface area (Å²) in [5.74, 6) is 0.0657. The Bertz CT molecular complexity index is 780. The maximum atomic E-state index is 13.7. The van der Waals surface area contributed by atoms with Gasteiger partial charge in [0.2, 0.25) is 0 Å². The first kappa shape index (κ1) is 36.4. The van der Waals surface area contributed by atoms with Gasteiger partial charge < -0.3 is 0 Å². The minimum atomic E-state index is -2.50. The van der Waals surface area contributed by atoms with E-state index in [0.717, 1.165) is 16.4 Å². The number of carbonyl (C=O) groups excluding carboxylic acids is 1. The Morgan fingerprint density at radius 3 is 1.72 bits per heavy atom. The van der Waals surface area contributed by atoms with Gasteiger partial charge in [-0.15, -0.1) is 0 Å². The van der Waals surface area contributed by atoms with Crippen molar-refractivity contribution in [2.24, 2.45) is 0 Å². The zero-order valence-corrected chi connectivity index (χ0v) is 31.1. The fourth-order valence-electron chi connectivity index (χ4n) is 6.91. The number of unbranched alkanes of at least 4 members (excludes halogenated alkanes) is 3. The van der Waals surface area contributed by atoms with E-state index in [1.54, 1.807) is 0 Å². The summed E-state index contributed by atoms with van der Waals surface area (Å²) in [5.41, 5.74) is 3.64. The fourth-order valence-corrected chi connectivity index (χ4v) is 28.5. The van der Waals surface area contributed by atoms with Crippen LogP contribution in [0.5, 0.6) is 0 Å². The summed E-state index contributed by atoms with van der Waals surface area (Å²) in [4.78, 5) is 13.7. The molecule has 1 unspecified atom stereocenters. The van der Waals surface area contributed by atoms with E-state index in [4.69, 9.17) is 4.43 Å². The van der Waals surface area contributed by atoms with Crippen LogP contribution < -0.4 is 5.32 Å². The van der Waals surface area contributed by atoms with Crippen LogP contribution in [0.15, 0.2) is 42.5 Å². The fraction of sp³-hybridized carbons (Fsp3) is 0.735. The van der Waals surface area contributed by atoms with E-state index in [1.807, 2.05) is 0 Å². The number of hydrogen-bond donors (Lipinski definition) is 1. The van der Waals surface area contributed by atoms with Crippen molar-refractivity contribution in [3.63, 3.8) is 0 Å². The zero-order chi connectivity index (χ0) is 29.5. The molecule has 0 radical (unpaired) electrons. The van der Waals surface area contributed by atoms with Crippen LogP contribution in [-0.2, 0) is 15.6 Å². The van der Waals surface area contributed by atoms with E-state index in [1.165, 1.54) is 57.4 Å². The molecule has 0 fully saturated rings. The third-order valence-corrected chi connectivity index (χ3v) is 30.5. The molecule has 0 aliphatic heterocycles. The molecule has 1 N–H and O–H groups in total. The Kier molecular flexibility index (Phi) is 17.5. The summed E-state index contributed by atoms with van der Waals surface area (Å²) in [5, 5.41) is 3.44. The second-order valence-electron chi connectivity index (χ2n) is 13.1. The molecule has 0 aliphatic rings. The molecule has 0 aromatic heterocycles. The number of rotatable bonds is 21. The molecule has 1 rings (SSSR count). The Hall–Kier alpha value is -0.594. The maximum absolute atomic E-state index is 13.7. The number of nitrogens with one attached hydrogen (secondary N) is 1. The van der Waals surface area contributed by atoms with E-state index >= 15 is 0 Å². The first-order valence-electron chi connectivity index (χ1n) is 16.1. The normalized spacial score (nSPS) is 13.3. The summed E-state index contributed by atoms with van der Waals surface area (Å²) in [7, 11) is -2.03. The molecule has 224 valence electrons. The van der Waals surface area contributed by atoms with Gasteiger partial charge >= 0.3 is 249 Å². The van der Waals surface area contributed by atoms with Crippen molar-refractivity contribution in [2.45, 2.75) is 148 Å². The van der Waals surface area contributed by atoms with E-state index in [-0.39, 0.29) is 11.9 Å². The van der Waals surface area contributed by atoms with Gasteiger partial charge in [-0.3, -0.25) is 0 Å². The Morgan fingerprint density at radius 2 is 1.31 bits per heavy atom. The monoisotopic (exact) mass is 665 g/mol. The topological polar surface area (TPSA) is 38.3 Å². The molecule has 1 amide bonds. The van der Waals surface area contributed by atoms with Crippen molar-refractivity contribution in [2.75, 3.05) is 6.61 Å². The van der Waals surface area contributed by atoms with Crippen LogP contribution in [0.3, 0.4) is 0 Å². The van der Waals surface area contributed by atoms with Gasteiger partial charge in [0, 0.05) is 0 Å². The molecule has 3 nitrogen and oxygen atoms in total. The van der Waals surface area contributed by atoms with Crippen LogP contribution in [0.2, 0.25) is 34.4 Å². The molecule has 0 saturated carbocycles. The van der Waals surface area contributed by atoms with Crippen molar-refractivity contribution >= 4 is 32.6 Å². The van der Waals surface area contributed by atoms with Gasteiger partial charge in [0.15, 0.2) is 0 Å². The van der Waals surface area contributed by atoms with E-state index in [2.05, 4.69) is 105 Å². The van der Waals surface area contributed by atoms with Crippen LogP contribution >= 0.6 is 0 Å². The zero-order valence-electron chi connectivity index (χ0n) is 27.2. The van der Waals surface area contributed by atoms with Gasteiger partial charge in [-0.05, 0) is 0 Å². The summed E-state index contributed by atoms with van der Waals surface area (Å²) < 4.78 is 12.2. The molecular formula is C34H63NO2SiSn. The van der Waals surface area contributed by atoms with E-state index in [9.17, 15) is 4.79 Å². The molecule has 0 spiro atoms. The average molecular weight is 665 g/mol. The summed E-state index contributed by atoms with van der Waals surface area (Å²) in [6.45, 7) is 25.9. The van der Waals surface area contributed by atoms with Crippen LogP contribution in [-0.4, -0.2) is 45.3 Å². The van der Waals surface area contributed by atoms with Gasteiger partial charge in [-0.25, -0.2) is 0 Å². The molecule has 5 heteroatoms. The first-order chi connectivity index (χ1) is 18.5. The molecule has 1 aromatic rings. The van der Waals surface area contributed by atoms with Crippen molar-refractivity contribution in [3.8, 4) is 0 Å². The predicted molar refractivity (Wildman–Crippen MR) is 178 cm³/mol. The third kappa shape index (κ3) is 11.7. The van der Waals surface area contributed by atoms with Crippen LogP contribution in [0.25, 0.3) is 0 Å². The molecule has 1 aromatic carbocycles. The van der Waals surface area contributed by atoms with Crippen molar-refractivity contribution in [1.29, 1.82) is 0 Å². The SMILES string of the molecule is C=C([CH2][Sn]([CH2]CCC)([CH2]CCC)[CH2]CCC)C(=O)NC(CO[Si](C(C)C)(C(C)C)C(C)C)Cc1ccccc1. The van der Waals surface area contributed by atoms with Gasteiger partial charge in [0.05, 0.1) is 0 Å². The number of carbonyl (C=O) groups is 1. The number of amides is 1. The Labute approximate surface area is 248 Å². The summed E-state index contributed by atoms with van der Waals surface area (Å²) in [6, 6.07) is 10.5. The molecule has 0 heterocycles. The molecular weight excluding hydrogens is 601 g/mol. The van der Waals surface area contributed by atoms with Crippen LogP contribution in [0, 0.1) is 0 Å². The van der Waals surface area contributed by atoms with Gasteiger partial charge in [0.25, 0.3) is 0 Å². The van der Waals surface area contributed by atoms with Crippen molar-refractivity contribution in [1.82, 2.24) is 5.32 Å². The second-order valence-corrected chi connectivity index (χ2v) is 32.4. The average Bonchev–Trinajstić information content (AvgIpc) is 2.89. The minimum absolute atomic E-state index is 0.0497. The van der Waals surface area contributed by atoms with Gasteiger partial charge in [0.1, 0.15) is 0 Å². The molecule has 0 bridgehead atoms. The second kappa shape index (κ2) is 18.8. The van der Waals surface area contributed by atoms with Crippen LogP contribution in [0.1, 0.15) is 106 Å². The molecule has 0 saturated heterocycles. The summed E-state index contributed by atoms with van der Waals surface area (Å²) in [6.07, 6.45) is 8.48. The Morgan fingerprint density at radius 1 is 0.846 bits per heavy atom. The quantitative estimate of drug-likeness (QED) is 0.105. The number of hydrogen-bond acceptors (Lipinski definition) is 2. The van der Waals surface area contributed by atoms with Gasteiger partial charge in [-0.2, -0.15) is 0 Å². The van der Waals surface area contributed by atoms with Crippen molar-refractivity contribution < 1.29 is 9.22 Å². The molecule has 39 heavy (non-hydrogen) atoms. The number of benzene rings is 1.